The lowest BCUT2D eigenvalue weighted by Gasteiger charge is -1.97. The molecule has 4 aromatic rings. The molecule has 0 fully saturated rings. The summed E-state index contributed by atoms with van der Waals surface area (Å²) in [6.45, 7) is 1.99. The lowest BCUT2D eigenvalue weighted by atomic mass is 10.1. The van der Waals surface area contributed by atoms with Crippen molar-refractivity contribution in [1.82, 2.24) is 14.6 Å². The highest BCUT2D eigenvalue weighted by Gasteiger charge is 2.13. The molecule has 0 aliphatic heterocycles. The second kappa shape index (κ2) is 6.06. The van der Waals surface area contributed by atoms with Crippen molar-refractivity contribution < 1.29 is 4.39 Å². The van der Waals surface area contributed by atoms with Crippen LogP contribution in [0.4, 0.5) is 4.39 Å². The van der Waals surface area contributed by atoms with Crippen LogP contribution in [-0.2, 0) is 0 Å². The summed E-state index contributed by atoms with van der Waals surface area (Å²) in [6, 6.07) is 12.1. The van der Waals surface area contributed by atoms with E-state index in [9.17, 15) is 9.18 Å². The van der Waals surface area contributed by atoms with Gasteiger partial charge in [0.05, 0.1) is 9.55 Å². The number of fused-ring (bicyclic) bond motifs is 1. The van der Waals surface area contributed by atoms with Crippen LogP contribution in [0.2, 0.25) is 5.02 Å². The molecule has 0 aliphatic rings. The van der Waals surface area contributed by atoms with Crippen LogP contribution in [-0.4, -0.2) is 14.6 Å². The van der Waals surface area contributed by atoms with Crippen molar-refractivity contribution >= 4 is 34.0 Å². The summed E-state index contributed by atoms with van der Waals surface area (Å²) in [5, 5.41) is 4.52. The first kappa shape index (κ1) is 15.9. The predicted octanol–water partition coefficient (Wildman–Crippen LogP) is 3.47. The highest BCUT2D eigenvalue weighted by molar-refractivity contribution is 7.15. The Morgan fingerprint density at radius 3 is 2.64 bits per heavy atom. The standard InChI is InChI=1S/C18H11ClFN3OS/c1-10-5-7-11(8-6-10)16-21-18-23(22-16)17(24)15(25-18)9-12-13(19)3-2-4-14(12)20/h2-9H,1H3/b15-9+. The largest absolute Gasteiger partial charge is 0.291 e. The zero-order chi connectivity index (χ0) is 17.6. The second-order valence-corrected chi connectivity index (χ2v) is 6.96. The smallest absolute Gasteiger partial charge is 0.266 e. The zero-order valence-corrected chi connectivity index (χ0v) is 14.6. The van der Waals surface area contributed by atoms with Crippen LogP contribution in [0.15, 0.2) is 47.3 Å². The molecule has 0 spiro atoms. The van der Waals surface area contributed by atoms with E-state index in [0.717, 1.165) is 22.5 Å². The van der Waals surface area contributed by atoms with Crippen molar-refractivity contribution in [3.8, 4) is 11.4 Å². The van der Waals surface area contributed by atoms with E-state index in [1.165, 1.54) is 22.7 Å². The summed E-state index contributed by atoms with van der Waals surface area (Å²) in [4.78, 5) is 17.4. The van der Waals surface area contributed by atoms with Gasteiger partial charge in [-0.05, 0) is 25.1 Å². The number of rotatable bonds is 2. The van der Waals surface area contributed by atoms with Crippen LogP contribution < -0.4 is 10.1 Å². The molecule has 0 atom stereocenters. The molecule has 2 aromatic heterocycles. The van der Waals surface area contributed by atoms with Gasteiger partial charge in [-0.3, -0.25) is 4.79 Å². The number of hydrogen-bond donors (Lipinski definition) is 0. The van der Waals surface area contributed by atoms with Gasteiger partial charge in [0.15, 0.2) is 5.82 Å². The molecule has 0 radical (unpaired) electrons. The molecule has 0 bridgehead atoms. The first-order valence-corrected chi connectivity index (χ1v) is 8.65. The maximum Gasteiger partial charge on any atom is 0.291 e. The number of thiazole rings is 1. The number of hydrogen-bond acceptors (Lipinski definition) is 4. The quantitative estimate of drug-likeness (QED) is 0.542. The van der Waals surface area contributed by atoms with Crippen molar-refractivity contribution in [2.24, 2.45) is 0 Å². The van der Waals surface area contributed by atoms with Crippen LogP contribution in [0.25, 0.3) is 22.4 Å². The average molecular weight is 372 g/mol. The minimum Gasteiger partial charge on any atom is -0.266 e. The first-order chi connectivity index (χ1) is 12.0. The van der Waals surface area contributed by atoms with Gasteiger partial charge in [0.25, 0.3) is 5.56 Å². The van der Waals surface area contributed by atoms with Gasteiger partial charge in [0.2, 0.25) is 4.96 Å². The fourth-order valence-corrected chi connectivity index (χ4v) is 3.55. The van der Waals surface area contributed by atoms with Gasteiger partial charge in [0, 0.05) is 11.1 Å². The number of halogens is 2. The van der Waals surface area contributed by atoms with E-state index < -0.39 is 5.82 Å². The molecule has 0 N–H and O–H groups in total. The first-order valence-electron chi connectivity index (χ1n) is 7.45. The number of aryl methyl sites for hydroxylation is 1. The summed E-state index contributed by atoms with van der Waals surface area (Å²) in [5.74, 6) is 0.00469. The average Bonchev–Trinajstić information content (AvgIpc) is 3.12. The van der Waals surface area contributed by atoms with E-state index in [4.69, 9.17) is 11.6 Å². The molecule has 2 heterocycles. The summed E-state index contributed by atoms with van der Waals surface area (Å²) < 4.78 is 15.5. The summed E-state index contributed by atoms with van der Waals surface area (Å²) in [5.41, 5.74) is 1.81. The Labute approximate surface area is 150 Å². The van der Waals surface area contributed by atoms with Crippen LogP contribution in [0.5, 0.6) is 0 Å². The molecule has 0 saturated carbocycles. The third kappa shape index (κ3) is 2.83. The topological polar surface area (TPSA) is 47.3 Å². The normalized spacial score (nSPS) is 12.2. The molecule has 0 unspecified atom stereocenters. The van der Waals surface area contributed by atoms with Crippen molar-refractivity contribution in [2.75, 3.05) is 0 Å². The molecule has 4 rings (SSSR count). The minimum atomic E-state index is -0.480. The van der Waals surface area contributed by atoms with E-state index in [2.05, 4.69) is 10.1 Å². The van der Waals surface area contributed by atoms with E-state index in [1.54, 1.807) is 6.07 Å². The highest BCUT2D eigenvalue weighted by atomic mass is 35.5. The van der Waals surface area contributed by atoms with Gasteiger partial charge in [-0.2, -0.15) is 9.50 Å². The van der Waals surface area contributed by atoms with E-state index in [-0.39, 0.29) is 16.1 Å². The Morgan fingerprint density at radius 1 is 1.20 bits per heavy atom. The van der Waals surface area contributed by atoms with Crippen molar-refractivity contribution in [1.29, 1.82) is 0 Å². The summed E-state index contributed by atoms with van der Waals surface area (Å²) in [7, 11) is 0. The fraction of sp³-hybridized carbons (Fsp3) is 0.0556. The maximum atomic E-state index is 13.9. The Morgan fingerprint density at radius 2 is 1.96 bits per heavy atom. The summed E-state index contributed by atoms with van der Waals surface area (Å²) >= 11 is 7.17. The Bertz CT molecular complexity index is 1180. The molecular weight excluding hydrogens is 361 g/mol. The van der Waals surface area contributed by atoms with Crippen molar-refractivity contribution in [2.45, 2.75) is 6.92 Å². The van der Waals surface area contributed by atoms with Gasteiger partial charge in [-0.15, -0.1) is 5.10 Å². The van der Waals surface area contributed by atoms with Crippen LogP contribution in [0.1, 0.15) is 11.1 Å². The van der Waals surface area contributed by atoms with Gasteiger partial charge in [-0.25, -0.2) is 4.39 Å². The molecule has 4 nitrogen and oxygen atoms in total. The van der Waals surface area contributed by atoms with Crippen LogP contribution >= 0.6 is 22.9 Å². The van der Waals surface area contributed by atoms with Gasteiger partial charge < -0.3 is 0 Å². The third-order valence-electron chi connectivity index (χ3n) is 3.77. The fourth-order valence-electron chi connectivity index (χ4n) is 2.44. The molecule has 0 amide bonds. The number of nitrogens with zero attached hydrogens (tertiary/aromatic N) is 3. The molecule has 0 saturated heterocycles. The third-order valence-corrected chi connectivity index (χ3v) is 5.06. The van der Waals surface area contributed by atoms with Gasteiger partial charge in [0.1, 0.15) is 5.82 Å². The minimum absolute atomic E-state index is 0.185. The van der Waals surface area contributed by atoms with E-state index >= 15 is 0 Å². The van der Waals surface area contributed by atoms with Gasteiger partial charge >= 0.3 is 0 Å². The van der Waals surface area contributed by atoms with E-state index in [1.807, 2.05) is 31.2 Å². The summed E-state index contributed by atoms with van der Waals surface area (Å²) in [6.07, 6.45) is 1.44. The molecule has 2 aromatic carbocycles. The molecular formula is C18H11ClFN3OS. The second-order valence-electron chi connectivity index (χ2n) is 5.55. The molecule has 25 heavy (non-hydrogen) atoms. The van der Waals surface area contributed by atoms with Gasteiger partial charge in [-0.1, -0.05) is 58.8 Å². The van der Waals surface area contributed by atoms with E-state index in [0.29, 0.717) is 15.3 Å². The SMILES string of the molecule is Cc1ccc(-c2nc3s/c(=C/c4c(F)cccc4Cl)c(=O)n3n2)cc1. The van der Waals surface area contributed by atoms with Crippen LogP contribution in [0.3, 0.4) is 0 Å². The lowest BCUT2D eigenvalue weighted by molar-refractivity contribution is 0.625. The highest BCUT2D eigenvalue weighted by Crippen LogP contribution is 2.20. The van der Waals surface area contributed by atoms with Crippen LogP contribution in [0, 0.1) is 12.7 Å². The van der Waals surface area contributed by atoms with Crippen molar-refractivity contribution in [3.05, 3.63) is 79.3 Å². The Balaban J connectivity index is 1.85. The maximum absolute atomic E-state index is 13.9. The monoisotopic (exact) mass is 371 g/mol. The van der Waals surface area contributed by atoms with Crippen molar-refractivity contribution in [3.63, 3.8) is 0 Å². The lowest BCUT2D eigenvalue weighted by Crippen LogP contribution is -2.23. The number of aromatic nitrogens is 3. The predicted molar refractivity (Wildman–Crippen MR) is 97.5 cm³/mol. The molecule has 0 aliphatic carbocycles. The Hall–Kier alpha value is -2.57. The molecule has 124 valence electrons. The zero-order valence-electron chi connectivity index (χ0n) is 13.0. The molecule has 7 heteroatoms. The Kier molecular flexibility index (Phi) is 3.86. The number of benzene rings is 2.